The van der Waals surface area contributed by atoms with Crippen molar-refractivity contribution in [2.24, 2.45) is 16.8 Å². The van der Waals surface area contributed by atoms with Crippen LogP contribution < -0.4 is 10.6 Å². The SMILES string of the molecule is CN[C@@H](C)C(=O)NC(C(=O)N1CCC[C@H]1C1=NC(C(=O)c2ccc(F)cc2)CS1)C1CCN(C(=O)C(C)C)CC1. The van der Waals surface area contributed by atoms with Crippen molar-refractivity contribution in [3.8, 4) is 0 Å². The summed E-state index contributed by atoms with van der Waals surface area (Å²) in [7, 11) is 1.70. The molecule has 1 aromatic carbocycles. The monoisotopic (exact) mass is 573 g/mol. The summed E-state index contributed by atoms with van der Waals surface area (Å²) >= 11 is 1.49. The average molecular weight is 574 g/mol. The van der Waals surface area contributed by atoms with Crippen molar-refractivity contribution in [1.82, 2.24) is 20.4 Å². The summed E-state index contributed by atoms with van der Waals surface area (Å²) in [6.45, 7) is 7.19. The van der Waals surface area contributed by atoms with Gasteiger partial charge in [0.15, 0.2) is 5.78 Å². The summed E-state index contributed by atoms with van der Waals surface area (Å²) < 4.78 is 13.3. The first kappa shape index (κ1) is 30.2. The molecule has 0 aliphatic carbocycles. The molecule has 4 atom stereocenters. The predicted octanol–water partition coefficient (Wildman–Crippen LogP) is 2.50. The summed E-state index contributed by atoms with van der Waals surface area (Å²) in [5, 5.41) is 6.72. The fraction of sp³-hybridized carbons (Fsp3) is 0.621. The van der Waals surface area contributed by atoms with Crippen LogP contribution in [-0.4, -0.2) is 95.0 Å². The summed E-state index contributed by atoms with van der Waals surface area (Å²) in [5.41, 5.74) is 0.417. The highest BCUT2D eigenvalue weighted by molar-refractivity contribution is 8.14. The maximum absolute atomic E-state index is 14.1. The van der Waals surface area contributed by atoms with Gasteiger partial charge in [-0.1, -0.05) is 13.8 Å². The number of hydrogen-bond donors (Lipinski definition) is 2. The van der Waals surface area contributed by atoms with E-state index in [0.717, 1.165) is 17.9 Å². The molecule has 1 aromatic rings. The second-order valence-corrected chi connectivity index (χ2v) is 12.2. The van der Waals surface area contributed by atoms with E-state index in [2.05, 4.69) is 10.6 Å². The van der Waals surface area contributed by atoms with Crippen molar-refractivity contribution >= 4 is 40.3 Å². The van der Waals surface area contributed by atoms with Crippen LogP contribution >= 0.6 is 11.8 Å². The van der Waals surface area contributed by atoms with Crippen LogP contribution in [0.4, 0.5) is 4.39 Å². The molecule has 4 rings (SSSR count). The number of piperidine rings is 1. The fourth-order valence-corrected chi connectivity index (χ4v) is 6.78. The number of nitrogens with one attached hydrogen (secondary N) is 2. The zero-order chi connectivity index (χ0) is 29.0. The largest absolute Gasteiger partial charge is 0.343 e. The van der Waals surface area contributed by atoms with Gasteiger partial charge >= 0.3 is 0 Å². The molecule has 3 amide bonds. The Balaban J connectivity index is 1.49. The lowest BCUT2D eigenvalue weighted by atomic mass is 9.87. The van der Waals surface area contributed by atoms with E-state index in [4.69, 9.17) is 4.99 Å². The second kappa shape index (κ2) is 13.2. The van der Waals surface area contributed by atoms with Gasteiger partial charge in [-0.2, -0.15) is 0 Å². The van der Waals surface area contributed by atoms with Gasteiger partial charge in [0.2, 0.25) is 17.7 Å². The van der Waals surface area contributed by atoms with E-state index in [1.165, 1.54) is 36.0 Å². The quantitative estimate of drug-likeness (QED) is 0.440. The first-order valence-electron chi connectivity index (χ1n) is 14.2. The number of nitrogens with zero attached hydrogens (tertiary/aromatic N) is 3. The smallest absolute Gasteiger partial charge is 0.246 e. The van der Waals surface area contributed by atoms with E-state index in [1.807, 2.05) is 23.6 Å². The van der Waals surface area contributed by atoms with Gasteiger partial charge in [0.05, 0.1) is 17.1 Å². The number of thioether (sulfide) groups is 1. The van der Waals surface area contributed by atoms with Crippen LogP contribution in [0.2, 0.25) is 0 Å². The van der Waals surface area contributed by atoms with E-state index in [1.54, 1.807) is 14.0 Å². The first-order chi connectivity index (χ1) is 19.1. The molecule has 11 heteroatoms. The van der Waals surface area contributed by atoms with Crippen molar-refractivity contribution in [3.63, 3.8) is 0 Å². The Bertz CT molecular complexity index is 1140. The summed E-state index contributed by atoms with van der Waals surface area (Å²) in [6, 6.07) is 3.50. The molecule has 40 heavy (non-hydrogen) atoms. The highest BCUT2D eigenvalue weighted by Gasteiger charge is 2.42. The standard InChI is InChI=1S/C29H40FN5O4S/c1-17(2)28(38)34-14-11-19(12-15-34)24(33-26(37)18(3)31-4)29(39)35-13-5-6-23(35)27-32-22(16-40-27)25(36)20-7-9-21(30)10-8-20/h7-10,17-19,22-24,31H,5-6,11-16H2,1-4H3,(H,33,37)/t18-,22?,23-,24?/m0/s1. The van der Waals surface area contributed by atoms with Crippen LogP contribution in [0, 0.1) is 17.7 Å². The predicted molar refractivity (Wildman–Crippen MR) is 154 cm³/mol. The zero-order valence-corrected chi connectivity index (χ0v) is 24.5. The number of aliphatic imine (C=N–C) groups is 1. The Morgan fingerprint density at radius 3 is 2.30 bits per heavy atom. The number of likely N-dealkylation sites (tertiary alicyclic amines) is 2. The zero-order valence-electron chi connectivity index (χ0n) is 23.7. The fourth-order valence-electron chi connectivity index (χ4n) is 5.59. The van der Waals surface area contributed by atoms with Crippen LogP contribution in [0.3, 0.4) is 0 Å². The van der Waals surface area contributed by atoms with Crippen LogP contribution in [0.5, 0.6) is 0 Å². The number of rotatable bonds is 9. The van der Waals surface area contributed by atoms with Crippen molar-refractivity contribution in [1.29, 1.82) is 0 Å². The van der Waals surface area contributed by atoms with Gasteiger partial charge in [-0.25, -0.2) is 4.39 Å². The third-order valence-corrected chi connectivity index (χ3v) is 9.29. The highest BCUT2D eigenvalue weighted by Crippen LogP contribution is 2.32. The van der Waals surface area contributed by atoms with Crippen molar-refractivity contribution in [2.45, 2.75) is 70.6 Å². The number of carbonyl (C=O) groups excluding carboxylic acids is 4. The minimum atomic E-state index is -0.705. The van der Waals surface area contributed by atoms with Gasteiger partial charge in [-0.3, -0.25) is 24.2 Å². The second-order valence-electron chi connectivity index (χ2n) is 11.2. The van der Waals surface area contributed by atoms with Crippen LogP contribution in [0.25, 0.3) is 0 Å². The van der Waals surface area contributed by atoms with Gasteiger partial charge in [-0.05, 0) is 69.8 Å². The molecule has 2 N–H and O–H groups in total. The lowest BCUT2D eigenvalue weighted by molar-refractivity contribution is -0.140. The van der Waals surface area contributed by atoms with Crippen molar-refractivity contribution in [3.05, 3.63) is 35.6 Å². The minimum Gasteiger partial charge on any atom is -0.343 e. The van der Waals surface area contributed by atoms with Crippen LogP contribution in [0.15, 0.2) is 29.3 Å². The molecule has 2 fully saturated rings. The lowest BCUT2D eigenvalue weighted by Gasteiger charge is -2.38. The van der Waals surface area contributed by atoms with Crippen molar-refractivity contribution < 1.29 is 23.6 Å². The number of amides is 3. The highest BCUT2D eigenvalue weighted by atomic mass is 32.2. The number of likely N-dealkylation sites (N-methyl/N-ethyl adjacent to an activating group) is 1. The van der Waals surface area contributed by atoms with E-state index in [0.29, 0.717) is 43.8 Å². The molecular weight excluding hydrogens is 533 g/mol. The van der Waals surface area contributed by atoms with E-state index >= 15 is 0 Å². The molecule has 0 saturated carbocycles. The molecule has 9 nitrogen and oxygen atoms in total. The summed E-state index contributed by atoms with van der Waals surface area (Å²) in [4.78, 5) is 60.9. The molecule has 218 valence electrons. The van der Waals surface area contributed by atoms with E-state index < -0.39 is 23.9 Å². The third-order valence-electron chi connectivity index (χ3n) is 8.13. The first-order valence-corrected chi connectivity index (χ1v) is 15.2. The maximum Gasteiger partial charge on any atom is 0.246 e. The molecule has 0 bridgehead atoms. The Morgan fingerprint density at radius 2 is 1.68 bits per heavy atom. The number of benzene rings is 1. The molecular formula is C29H40FN5O4S. The molecule has 3 aliphatic heterocycles. The number of hydrogen-bond acceptors (Lipinski definition) is 7. The van der Waals surface area contributed by atoms with Crippen molar-refractivity contribution in [2.75, 3.05) is 32.4 Å². The lowest BCUT2D eigenvalue weighted by Crippen LogP contribution is -2.58. The van der Waals surface area contributed by atoms with E-state index in [-0.39, 0.29) is 41.4 Å². The molecule has 3 aliphatic rings. The maximum atomic E-state index is 14.1. The number of halogens is 1. The Kier molecular flexibility index (Phi) is 9.99. The normalized spacial score (nSPS) is 23.2. The molecule has 2 unspecified atom stereocenters. The van der Waals surface area contributed by atoms with Gasteiger partial charge in [0.25, 0.3) is 0 Å². The summed E-state index contributed by atoms with van der Waals surface area (Å²) in [6.07, 6.45) is 2.81. The van der Waals surface area contributed by atoms with Gasteiger partial charge in [0, 0.05) is 36.9 Å². The van der Waals surface area contributed by atoms with Gasteiger partial charge < -0.3 is 20.4 Å². The molecule has 0 spiro atoms. The van der Waals surface area contributed by atoms with Crippen LogP contribution in [0.1, 0.15) is 56.8 Å². The average Bonchev–Trinajstić information content (AvgIpc) is 3.65. The topological polar surface area (TPSA) is 111 Å². The Hall–Kier alpha value is -2.79. The number of Topliss-reactive ketones (excluding diaryl/α,β-unsaturated/α-hetero) is 1. The van der Waals surface area contributed by atoms with E-state index in [9.17, 15) is 23.6 Å². The van der Waals surface area contributed by atoms with Crippen LogP contribution in [-0.2, 0) is 14.4 Å². The van der Waals surface area contributed by atoms with Gasteiger partial charge in [0.1, 0.15) is 17.9 Å². The Labute approximate surface area is 239 Å². The number of carbonyl (C=O) groups is 4. The molecule has 0 aromatic heterocycles. The minimum absolute atomic E-state index is 0.0843. The molecule has 2 saturated heterocycles. The number of ketones is 1. The molecule has 3 heterocycles. The summed E-state index contributed by atoms with van der Waals surface area (Å²) in [5.74, 6) is -0.527. The third kappa shape index (κ3) is 6.74. The Morgan fingerprint density at radius 1 is 1.00 bits per heavy atom. The molecule has 0 radical (unpaired) electrons. The van der Waals surface area contributed by atoms with Gasteiger partial charge in [-0.15, -0.1) is 11.8 Å².